The van der Waals surface area contributed by atoms with Crippen LogP contribution >= 0.6 is 0 Å². The molecule has 2 N–H and O–H groups in total. The van der Waals surface area contributed by atoms with Crippen LogP contribution in [0.4, 0.5) is 0 Å². The quantitative estimate of drug-likeness (QED) is 0.349. The zero-order valence-electron chi connectivity index (χ0n) is 22.3. The van der Waals surface area contributed by atoms with E-state index in [1.54, 1.807) is 0 Å². The van der Waals surface area contributed by atoms with Crippen LogP contribution in [0.25, 0.3) is 0 Å². The summed E-state index contributed by atoms with van der Waals surface area (Å²) in [4.78, 5) is 26.4. The van der Waals surface area contributed by atoms with E-state index in [1.807, 2.05) is 6.92 Å². The number of carbonyl (C=O) groups excluding carboxylic acids is 2. The Hall–Kier alpha value is -1.06. The number of rotatable bonds is 13. The molecule has 178 valence electrons. The summed E-state index contributed by atoms with van der Waals surface area (Å²) in [6.45, 7) is 25.4. The minimum atomic E-state index is -0.420. The molecule has 0 radical (unpaired) electrons. The standard InChI is InChI=1S/C26H52N2O2/c1-13-22(6,7)18-25(11,16-4)21(30)27-23(8,9)19-26(12,17-5)28-20(29)24(10,14-2)15-3/h13-19H2,1-12H3,(H,27,30)(H,28,29). The Balaban J connectivity index is 5.46. The summed E-state index contributed by atoms with van der Waals surface area (Å²) in [6, 6.07) is 0. The Labute approximate surface area is 187 Å². The minimum absolute atomic E-state index is 0.113. The maximum absolute atomic E-state index is 13.4. The number of nitrogens with one attached hydrogen (secondary N) is 2. The Kier molecular flexibility index (Phi) is 10.1. The van der Waals surface area contributed by atoms with Gasteiger partial charge in [-0.25, -0.2) is 0 Å². The molecule has 0 bridgehead atoms. The first-order valence-corrected chi connectivity index (χ1v) is 12.1. The minimum Gasteiger partial charge on any atom is -0.351 e. The highest BCUT2D eigenvalue weighted by Gasteiger charge is 2.41. The largest absolute Gasteiger partial charge is 0.351 e. The smallest absolute Gasteiger partial charge is 0.226 e. The number of carbonyl (C=O) groups is 2. The van der Waals surface area contributed by atoms with E-state index >= 15 is 0 Å². The van der Waals surface area contributed by atoms with Crippen LogP contribution in [0.1, 0.15) is 128 Å². The zero-order valence-corrected chi connectivity index (χ0v) is 22.3. The fourth-order valence-electron chi connectivity index (χ4n) is 4.28. The maximum atomic E-state index is 13.4. The van der Waals surface area contributed by atoms with Gasteiger partial charge in [-0.3, -0.25) is 9.59 Å². The Morgan fingerprint density at radius 3 is 1.37 bits per heavy atom. The first-order chi connectivity index (χ1) is 13.5. The molecular weight excluding hydrogens is 372 g/mol. The van der Waals surface area contributed by atoms with Crippen molar-refractivity contribution in [2.75, 3.05) is 0 Å². The molecular formula is C26H52N2O2. The molecule has 0 spiro atoms. The fourth-order valence-corrected chi connectivity index (χ4v) is 4.28. The van der Waals surface area contributed by atoms with Gasteiger partial charge in [-0.2, -0.15) is 0 Å². The lowest BCUT2D eigenvalue weighted by Gasteiger charge is -2.43. The first kappa shape index (κ1) is 28.9. The number of hydrogen-bond acceptors (Lipinski definition) is 2. The average Bonchev–Trinajstić information content (AvgIpc) is 2.65. The second-order valence-electron chi connectivity index (χ2n) is 11.8. The SMILES string of the molecule is CCC(C)(C)CC(C)(CC)C(=O)NC(C)(C)CC(C)(CC)NC(=O)C(C)(CC)CC. The predicted octanol–water partition coefficient (Wildman–Crippen LogP) is 6.63. The van der Waals surface area contributed by atoms with E-state index in [-0.39, 0.29) is 28.2 Å². The molecule has 0 aromatic heterocycles. The van der Waals surface area contributed by atoms with Crippen molar-refractivity contribution in [2.24, 2.45) is 16.2 Å². The summed E-state index contributed by atoms with van der Waals surface area (Å²) < 4.78 is 0. The lowest BCUT2D eigenvalue weighted by Crippen LogP contribution is -2.58. The highest BCUT2D eigenvalue weighted by atomic mass is 16.2. The highest BCUT2D eigenvalue weighted by molar-refractivity contribution is 5.83. The van der Waals surface area contributed by atoms with Gasteiger partial charge in [-0.05, 0) is 64.7 Å². The van der Waals surface area contributed by atoms with Crippen LogP contribution < -0.4 is 10.6 Å². The molecule has 2 unspecified atom stereocenters. The third-order valence-corrected chi connectivity index (χ3v) is 7.74. The van der Waals surface area contributed by atoms with Crippen LogP contribution in [-0.4, -0.2) is 22.9 Å². The van der Waals surface area contributed by atoms with E-state index < -0.39 is 11.0 Å². The van der Waals surface area contributed by atoms with Crippen molar-refractivity contribution < 1.29 is 9.59 Å². The van der Waals surface area contributed by atoms with Crippen molar-refractivity contribution in [1.82, 2.24) is 10.6 Å². The average molecular weight is 425 g/mol. The second kappa shape index (κ2) is 10.5. The van der Waals surface area contributed by atoms with E-state index in [0.717, 1.165) is 38.5 Å². The van der Waals surface area contributed by atoms with Crippen molar-refractivity contribution in [2.45, 2.75) is 139 Å². The summed E-state index contributed by atoms with van der Waals surface area (Å²) in [5.74, 6) is 0.232. The third kappa shape index (κ3) is 7.89. The second-order valence-corrected chi connectivity index (χ2v) is 11.8. The van der Waals surface area contributed by atoms with Crippen LogP contribution in [0, 0.1) is 16.2 Å². The molecule has 0 aromatic rings. The molecule has 0 aliphatic rings. The summed E-state index contributed by atoms with van der Waals surface area (Å²) in [5.41, 5.74) is -1.41. The van der Waals surface area contributed by atoms with E-state index in [9.17, 15) is 9.59 Å². The van der Waals surface area contributed by atoms with Gasteiger partial charge < -0.3 is 10.6 Å². The van der Waals surface area contributed by atoms with E-state index in [4.69, 9.17) is 0 Å². The summed E-state index contributed by atoms with van der Waals surface area (Å²) >= 11 is 0. The molecule has 0 aliphatic heterocycles. The van der Waals surface area contributed by atoms with Crippen molar-refractivity contribution >= 4 is 11.8 Å². The summed E-state index contributed by atoms with van der Waals surface area (Å²) in [7, 11) is 0. The van der Waals surface area contributed by atoms with Gasteiger partial charge in [0.2, 0.25) is 11.8 Å². The van der Waals surface area contributed by atoms with Crippen LogP contribution in [0.3, 0.4) is 0 Å². The van der Waals surface area contributed by atoms with Crippen molar-refractivity contribution in [3.05, 3.63) is 0 Å². The lowest BCUT2D eigenvalue weighted by molar-refractivity contribution is -0.134. The Morgan fingerprint density at radius 2 is 1.00 bits per heavy atom. The van der Waals surface area contributed by atoms with Gasteiger partial charge in [-0.1, -0.05) is 68.7 Å². The molecule has 0 aliphatic carbocycles. The van der Waals surface area contributed by atoms with Gasteiger partial charge in [0.25, 0.3) is 0 Å². The van der Waals surface area contributed by atoms with Crippen LogP contribution in [0.5, 0.6) is 0 Å². The molecule has 0 fully saturated rings. The molecule has 2 atom stereocenters. The van der Waals surface area contributed by atoms with Gasteiger partial charge >= 0.3 is 0 Å². The zero-order chi connectivity index (χ0) is 24.0. The molecule has 4 heteroatoms. The normalized spacial score (nSPS) is 17.1. The van der Waals surface area contributed by atoms with Gasteiger partial charge in [0.05, 0.1) is 0 Å². The monoisotopic (exact) mass is 424 g/mol. The topological polar surface area (TPSA) is 58.2 Å². The van der Waals surface area contributed by atoms with Crippen LogP contribution in [-0.2, 0) is 9.59 Å². The molecule has 0 saturated carbocycles. The van der Waals surface area contributed by atoms with E-state index in [0.29, 0.717) is 6.42 Å². The molecule has 30 heavy (non-hydrogen) atoms. The van der Waals surface area contributed by atoms with E-state index in [2.05, 4.69) is 86.8 Å². The first-order valence-electron chi connectivity index (χ1n) is 12.1. The molecule has 0 rings (SSSR count). The molecule has 0 saturated heterocycles. The van der Waals surface area contributed by atoms with Gasteiger partial charge in [-0.15, -0.1) is 0 Å². The predicted molar refractivity (Wildman–Crippen MR) is 129 cm³/mol. The highest BCUT2D eigenvalue weighted by Crippen LogP contribution is 2.39. The third-order valence-electron chi connectivity index (χ3n) is 7.74. The van der Waals surface area contributed by atoms with Gasteiger partial charge in [0.1, 0.15) is 0 Å². The van der Waals surface area contributed by atoms with Crippen LogP contribution in [0.15, 0.2) is 0 Å². The number of hydrogen-bond donors (Lipinski definition) is 2. The Bertz CT molecular complexity index is 578. The summed E-state index contributed by atoms with van der Waals surface area (Å²) in [6.07, 6.45) is 5.86. The van der Waals surface area contributed by atoms with Gasteiger partial charge in [0.15, 0.2) is 0 Å². The van der Waals surface area contributed by atoms with Crippen LogP contribution in [0.2, 0.25) is 0 Å². The van der Waals surface area contributed by atoms with Gasteiger partial charge in [0, 0.05) is 21.9 Å². The summed E-state index contributed by atoms with van der Waals surface area (Å²) in [5, 5.41) is 6.66. The molecule has 0 aromatic carbocycles. The number of amides is 2. The van der Waals surface area contributed by atoms with Crippen molar-refractivity contribution in [1.29, 1.82) is 0 Å². The van der Waals surface area contributed by atoms with E-state index in [1.165, 1.54) is 0 Å². The molecule has 4 nitrogen and oxygen atoms in total. The maximum Gasteiger partial charge on any atom is 0.226 e. The Morgan fingerprint density at radius 1 is 0.567 bits per heavy atom. The molecule has 0 heterocycles. The van der Waals surface area contributed by atoms with Crippen molar-refractivity contribution in [3.63, 3.8) is 0 Å². The van der Waals surface area contributed by atoms with Crippen molar-refractivity contribution in [3.8, 4) is 0 Å². The lowest BCUT2D eigenvalue weighted by atomic mass is 9.70. The fraction of sp³-hybridized carbons (Fsp3) is 0.923. The molecule has 2 amide bonds.